The van der Waals surface area contributed by atoms with Gasteiger partial charge in [0.25, 0.3) is 0 Å². The molecule has 0 radical (unpaired) electrons. The van der Waals surface area contributed by atoms with Gasteiger partial charge in [-0.2, -0.15) is 9.59 Å². The molecule has 0 unspecified atom stereocenters. The first kappa shape index (κ1) is 111. The summed E-state index contributed by atoms with van der Waals surface area (Å²) in [5, 5.41) is 130. The molecule has 3 aliphatic heterocycles. The van der Waals surface area contributed by atoms with Gasteiger partial charge in [-0.15, -0.1) is 25.5 Å². The molecular formula is C87H108N22Na2O25. The molecule has 49 heteroatoms. The van der Waals surface area contributed by atoms with Gasteiger partial charge in [0, 0.05) is 112 Å². The number of ether oxygens (including phenoxy) is 7. The largest absolute Gasteiger partial charge is 1.00 e. The molecule has 0 bridgehead atoms. The van der Waals surface area contributed by atoms with E-state index in [1.807, 2.05) is 17.1 Å². The summed E-state index contributed by atoms with van der Waals surface area (Å²) in [5.41, 5.74) is 14.7. The Morgan fingerprint density at radius 1 is 0.551 bits per heavy atom. The molecule has 8 heterocycles. The number of carboxylic acids is 1. The van der Waals surface area contributed by atoms with Crippen LogP contribution in [0.1, 0.15) is 155 Å². The van der Waals surface area contributed by atoms with Crippen LogP contribution < -0.4 is 85.5 Å². The van der Waals surface area contributed by atoms with Gasteiger partial charge in [-0.3, -0.25) is 42.9 Å². The molecule has 718 valence electrons. The fourth-order valence-corrected chi connectivity index (χ4v) is 15.1. The van der Waals surface area contributed by atoms with Crippen molar-refractivity contribution in [3.8, 4) is 33.8 Å². The molecule has 11 rings (SSSR count). The Hall–Kier alpha value is -12.3. The smallest absolute Gasteiger partial charge is 0.688 e. The van der Waals surface area contributed by atoms with E-state index in [4.69, 9.17) is 48.3 Å². The number of aliphatic hydroxyl groups is 6. The molecule has 4 amide bonds. The maximum Gasteiger partial charge on any atom is 1.00 e. The molecule has 5 aromatic heterocycles. The third-order valence-corrected chi connectivity index (χ3v) is 21.7. The molecule has 3 aliphatic rings. The number of anilines is 3. The monoisotopic (exact) mass is 1910 g/mol. The Balaban J connectivity index is 0.000000405. The number of carbonyl (C=O) groups is 9. The summed E-state index contributed by atoms with van der Waals surface area (Å²) in [6.07, 6.45) is 13.1. The van der Waals surface area contributed by atoms with Crippen molar-refractivity contribution in [2.24, 2.45) is 17.0 Å². The second kappa shape index (κ2) is 56.2. The van der Waals surface area contributed by atoms with E-state index in [9.17, 15) is 78.9 Å². The summed E-state index contributed by atoms with van der Waals surface area (Å²) in [6.45, 7) is 7.93. The number of nitrogens with one attached hydrogen (secondary N) is 4. The Morgan fingerprint density at radius 3 is 1.40 bits per heavy atom. The summed E-state index contributed by atoms with van der Waals surface area (Å²) in [5.74, 6) is -7.54. The van der Waals surface area contributed by atoms with Crippen molar-refractivity contribution in [1.29, 1.82) is 0 Å². The number of hydrogen-bond acceptors (Lipinski definition) is 36. The standard InChI is InChI=1S/C55H70N15O13.C31H39N7O10.CO2.2Na/c1-33-44(26-47(55(80)81)83-53(33)51(78)45(74)31-71)70-30-42(62-66-70)38-17-8-10-19-40(38)58-49(77)21-6-4-12-24-68-28-36(60-64-68)15-13-14-35-27-67(63-59-35)23-11-3-5-20-48(76)57-39-18-9-7-16-37(39)41-29-69(65-61-41)43-22-25-82-54(50(43)56-34(2)73)52(79)46(75)32-72;1-18-25(15-26(31(43)44-5)48-29(18)30(47-21(4)41)27(46-20(3)40)17-45-19(2)39)38-16-24(35-37-38)22-11-8-9-12-23(22)34-28(42)13-7-6-10-14-33-36-32;2-1-3;;/h7-10,16-19,22,26-30,33,43-46,50-54,71-72,74-75,78-79H,3-6,11-15,20-21,23-24,31-32H2,1-2H3,(H,56,73)(H,57,76)(H,58,77)(H,80,81);8-9,11-12,15-16,18,25,27,29-30H,6-7,10,13-14,17H2,1-5H3,(H,34,42);;;/q-1;;;2*+1/p-1/t33-,43-,44+,45-,46+,50+,51-,52+,53-,54+;18-,25+,27-,29-,30-;;;/m11.../s1. The molecule has 3 aromatic carbocycles. The zero-order valence-corrected chi connectivity index (χ0v) is 80.5. The number of rotatable bonds is 46. The van der Waals surface area contributed by atoms with Gasteiger partial charge in [-0.05, 0) is 93.7 Å². The Kier molecular flexibility index (Phi) is 45.8. The molecule has 0 saturated carbocycles. The van der Waals surface area contributed by atoms with Gasteiger partial charge in [0.1, 0.15) is 78.1 Å². The molecule has 0 spiro atoms. The van der Waals surface area contributed by atoms with Gasteiger partial charge in [0.2, 0.25) is 29.4 Å². The fraction of sp³-hybridized carbons (Fsp3) is 0.494. The summed E-state index contributed by atoms with van der Waals surface area (Å²) in [7, 11) is 1.17. The first-order valence-electron chi connectivity index (χ1n) is 43.2. The van der Waals surface area contributed by atoms with Crippen LogP contribution in [0.5, 0.6) is 0 Å². The summed E-state index contributed by atoms with van der Waals surface area (Å²) in [6, 6.07) is 18.2. The second-order valence-electron chi connectivity index (χ2n) is 31.6. The molecule has 10 N–H and O–H groups in total. The number of hydrogen-bond donors (Lipinski definition) is 10. The van der Waals surface area contributed by atoms with Gasteiger partial charge in [-0.1, -0.05) is 119 Å². The van der Waals surface area contributed by atoms with Gasteiger partial charge in [0.15, 0.2) is 12.2 Å². The first-order chi connectivity index (χ1) is 64.5. The minimum atomic E-state index is -1.62. The molecular weight excluding hydrogens is 1800 g/mol. The number of aliphatic hydroxyl groups excluding tert-OH is 6. The van der Waals surface area contributed by atoms with E-state index in [1.165, 1.54) is 53.2 Å². The number of esters is 4. The zero-order chi connectivity index (χ0) is 96.9. The van der Waals surface area contributed by atoms with Gasteiger partial charge < -0.3 is 101 Å². The van der Waals surface area contributed by atoms with Crippen LogP contribution in [-0.2, 0) is 112 Å². The maximum atomic E-state index is 13.1. The average Bonchev–Trinajstić information content (AvgIpc) is 1.43. The normalized spacial score (nSPS) is 18.7. The maximum absolute atomic E-state index is 13.1. The minimum Gasteiger partial charge on any atom is -0.688 e. The van der Waals surface area contributed by atoms with Gasteiger partial charge in [-0.25, -0.2) is 24.9 Å². The van der Waals surface area contributed by atoms with Crippen molar-refractivity contribution in [1.82, 2.24) is 80.3 Å². The number of benzene rings is 3. The first-order valence-corrected chi connectivity index (χ1v) is 43.2. The second-order valence-corrected chi connectivity index (χ2v) is 31.6. The van der Waals surface area contributed by atoms with Crippen LogP contribution in [0.2, 0.25) is 0 Å². The van der Waals surface area contributed by atoms with E-state index in [0.29, 0.717) is 115 Å². The zero-order valence-electron chi connectivity index (χ0n) is 76.5. The van der Waals surface area contributed by atoms with Crippen LogP contribution >= 0.6 is 0 Å². The summed E-state index contributed by atoms with van der Waals surface area (Å²) in [4.78, 5) is 130. The fourth-order valence-electron chi connectivity index (χ4n) is 15.1. The van der Waals surface area contributed by atoms with Gasteiger partial charge >= 0.3 is 89.1 Å². The van der Waals surface area contributed by atoms with Crippen molar-refractivity contribution in [3.05, 3.63) is 162 Å². The third kappa shape index (κ3) is 32.7. The molecule has 47 nitrogen and oxygen atoms in total. The number of methoxy groups -OCH3 is 1. The average molecular weight is 1910 g/mol. The predicted molar refractivity (Wildman–Crippen MR) is 463 cm³/mol. The van der Waals surface area contributed by atoms with Gasteiger partial charge in [0.05, 0.1) is 91.5 Å². The van der Waals surface area contributed by atoms with Crippen LogP contribution in [0.3, 0.4) is 0 Å². The van der Waals surface area contributed by atoms with E-state index >= 15 is 0 Å². The number of azide groups is 1. The molecule has 8 aromatic rings. The van der Waals surface area contributed by atoms with E-state index in [2.05, 4.69) is 89.1 Å². The minimum absolute atomic E-state index is 0. The number of carbonyl (C=O) groups excluding carboxylic acids is 11. The molecule has 0 aliphatic carbocycles. The van der Waals surface area contributed by atoms with Crippen LogP contribution in [-0.4, -0.2) is 260 Å². The topological polar surface area (TPSA) is 647 Å². The van der Waals surface area contributed by atoms with Crippen LogP contribution in [0.15, 0.2) is 139 Å². The number of nitrogens with zero attached hydrogens (tertiary/aromatic N) is 18. The van der Waals surface area contributed by atoms with Crippen molar-refractivity contribution >= 4 is 76.7 Å². The number of unbranched alkanes of at least 4 members (excludes halogenated alkanes) is 6. The van der Waals surface area contributed by atoms with E-state index in [-0.39, 0.29) is 102 Å². The Bertz CT molecular complexity index is 5460. The number of aliphatic carboxylic acids is 1. The third-order valence-electron chi connectivity index (χ3n) is 21.7. The number of allylic oxidation sites excluding steroid dienone is 2. The molecule has 0 saturated heterocycles. The van der Waals surface area contributed by atoms with Crippen LogP contribution in [0, 0.1) is 18.1 Å². The van der Waals surface area contributed by atoms with E-state index in [1.54, 1.807) is 110 Å². The summed E-state index contributed by atoms with van der Waals surface area (Å²) < 4.78 is 45.8. The number of para-hydroxylation sites is 3. The Labute approximate surface area is 824 Å². The van der Waals surface area contributed by atoms with Crippen molar-refractivity contribution in [2.75, 3.05) is 49.4 Å². The quantitative estimate of drug-likeness (QED) is 0.00278. The Morgan fingerprint density at radius 2 is 0.978 bits per heavy atom. The number of amides is 4. The van der Waals surface area contributed by atoms with Crippen molar-refractivity contribution < 1.29 is 181 Å². The van der Waals surface area contributed by atoms with Crippen LogP contribution in [0.4, 0.5) is 17.1 Å². The molecule has 15 atom stereocenters. The number of aromatic nitrogens is 15. The van der Waals surface area contributed by atoms with Crippen molar-refractivity contribution in [3.63, 3.8) is 0 Å². The van der Waals surface area contributed by atoms with Crippen molar-refractivity contribution in [2.45, 2.75) is 230 Å². The van der Waals surface area contributed by atoms with E-state index < -0.39 is 152 Å². The predicted octanol–water partition coefficient (Wildman–Crippen LogP) is -2.40. The summed E-state index contributed by atoms with van der Waals surface area (Å²) >= 11 is 0. The number of aryl methyl sites for hydroxylation is 4. The SMILES string of the molecule is CC(=O)N[C@@H]1[C@@H]([C@@H](O)[C@@H](O)CO)O[C-]=C[C@H]1n1cc(-c2ccccc2NC(=O)CCCCCn2cc(CCCc3cn(CCCCCC(=O)Nc4ccccc4-c4cn([C@H]5C=C(C(=O)[O-])O[C@@H]([C@H](O)[C@H](O)CO)[C@@H]5C)nn4)nn3)nn2)nn1.COC(=O)C1=C[C@H](n2cc(-c3ccccc3NC(=O)CCCCCN=[N+]=[N-])nn2)[C@@H](C)[C@H]([C@H](OC(C)=O)[C@@H](COC(C)=O)OC(C)=O)O1.O=C=O.[Na+].[Na+]. The molecule has 0 fully saturated rings. The van der Waals surface area contributed by atoms with Crippen LogP contribution in [0.25, 0.3) is 44.2 Å². The van der Waals surface area contributed by atoms with E-state index in [0.717, 1.165) is 63.8 Å². The number of carboxylic acid groups (broad SMARTS) is 1. The molecule has 136 heavy (non-hydrogen) atoms.